The van der Waals surface area contributed by atoms with Crippen molar-refractivity contribution < 1.29 is 22.7 Å². The molecule has 1 aromatic heterocycles. The summed E-state index contributed by atoms with van der Waals surface area (Å²) in [5.41, 5.74) is 1.52. The number of imide groups is 1. The lowest BCUT2D eigenvalue weighted by Gasteiger charge is -2.38. The fourth-order valence-electron chi connectivity index (χ4n) is 4.90. The summed E-state index contributed by atoms with van der Waals surface area (Å²) in [6.07, 6.45) is 2.32. The summed E-state index contributed by atoms with van der Waals surface area (Å²) in [5, 5.41) is 5.89. The lowest BCUT2D eigenvalue weighted by Crippen LogP contribution is -2.63. The van der Waals surface area contributed by atoms with Crippen LogP contribution >= 0.6 is 0 Å². The zero-order valence-corrected chi connectivity index (χ0v) is 20.0. The van der Waals surface area contributed by atoms with Crippen LogP contribution in [0.3, 0.4) is 0 Å². The van der Waals surface area contributed by atoms with Gasteiger partial charge in [-0.3, -0.25) is 15.1 Å². The summed E-state index contributed by atoms with van der Waals surface area (Å²) < 4.78 is 34.8. The minimum atomic E-state index is -3.93. The van der Waals surface area contributed by atoms with Gasteiger partial charge in [0.2, 0.25) is 10.0 Å². The number of hydrogen-bond acceptors (Lipinski definition) is 6. The standard InChI is InChI=1S/C25H26N4O5S/c1-16-14-17(20-6-2-3-7-21(20)26-16)15-34-18-9-11-19(12-10-18)35(32,33)29-22-8-4-5-13-25(22)23(30)27-24(31)28-25/h2-3,6-7,9-12,14,22,29H,4-5,8,13,15H2,1H3,(H2,27,28,30,31). The van der Waals surface area contributed by atoms with Crippen molar-refractivity contribution in [1.29, 1.82) is 0 Å². The summed E-state index contributed by atoms with van der Waals surface area (Å²) in [6, 6.07) is 14.6. The van der Waals surface area contributed by atoms with Crippen LogP contribution in [0.5, 0.6) is 5.75 Å². The highest BCUT2D eigenvalue weighted by Gasteiger charge is 2.53. The highest BCUT2D eigenvalue weighted by atomic mass is 32.2. The molecule has 1 saturated carbocycles. The van der Waals surface area contributed by atoms with E-state index in [1.807, 2.05) is 37.3 Å². The number of ether oxygens (including phenoxy) is 1. The number of pyridine rings is 1. The van der Waals surface area contributed by atoms with E-state index in [4.69, 9.17) is 4.74 Å². The number of para-hydroxylation sites is 1. The molecule has 1 aliphatic carbocycles. The first kappa shape index (κ1) is 23.3. The molecule has 182 valence electrons. The Morgan fingerprint density at radius 1 is 1.11 bits per heavy atom. The molecule has 0 radical (unpaired) electrons. The second-order valence-electron chi connectivity index (χ2n) is 9.00. The summed E-state index contributed by atoms with van der Waals surface area (Å²) in [4.78, 5) is 28.8. The van der Waals surface area contributed by atoms with Gasteiger partial charge < -0.3 is 10.1 Å². The quantitative estimate of drug-likeness (QED) is 0.453. The van der Waals surface area contributed by atoms with Crippen molar-refractivity contribution in [2.45, 2.75) is 55.7 Å². The normalized spacial score (nSPS) is 22.3. The van der Waals surface area contributed by atoms with Crippen LogP contribution in [-0.2, 0) is 21.4 Å². The van der Waals surface area contributed by atoms with E-state index < -0.39 is 33.5 Å². The predicted molar refractivity (Wildman–Crippen MR) is 129 cm³/mol. The lowest BCUT2D eigenvalue weighted by molar-refractivity contribution is -0.125. The van der Waals surface area contributed by atoms with E-state index in [9.17, 15) is 18.0 Å². The average molecular weight is 495 g/mol. The topological polar surface area (TPSA) is 126 Å². The number of urea groups is 1. The zero-order chi connectivity index (χ0) is 24.6. The van der Waals surface area contributed by atoms with Crippen LogP contribution in [0.2, 0.25) is 0 Å². The molecule has 2 aromatic carbocycles. The fraction of sp³-hybridized carbons (Fsp3) is 0.320. The number of rotatable bonds is 6. The molecule has 35 heavy (non-hydrogen) atoms. The number of benzene rings is 2. The number of aryl methyl sites for hydroxylation is 1. The van der Waals surface area contributed by atoms with E-state index in [2.05, 4.69) is 20.3 Å². The van der Waals surface area contributed by atoms with Gasteiger partial charge in [0.25, 0.3) is 5.91 Å². The molecule has 3 aromatic rings. The Kier molecular flexibility index (Phi) is 5.94. The largest absolute Gasteiger partial charge is 0.489 e. The van der Waals surface area contributed by atoms with Crippen molar-refractivity contribution in [2.24, 2.45) is 0 Å². The number of sulfonamides is 1. The molecule has 3 amide bonds. The van der Waals surface area contributed by atoms with Crippen molar-refractivity contribution >= 4 is 32.9 Å². The van der Waals surface area contributed by atoms with E-state index in [1.54, 1.807) is 12.1 Å². The Balaban J connectivity index is 1.30. The first-order valence-electron chi connectivity index (χ1n) is 11.5. The van der Waals surface area contributed by atoms with Crippen molar-refractivity contribution in [2.75, 3.05) is 0 Å². The summed E-state index contributed by atoms with van der Waals surface area (Å²) in [5.74, 6) is 0.0385. The Labute approximate surface area is 203 Å². The van der Waals surface area contributed by atoms with Crippen molar-refractivity contribution in [3.8, 4) is 5.75 Å². The van der Waals surface area contributed by atoms with Gasteiger partial charge in [-0.2, -0.15) is 0 Å². The predicted octanol–water partition coefficient (Wildman–Crippen LogP) is 2.92. The highest BCUT2D eigenvalue weighted by Crippen LogP contribution is 2.32. The Hall–Kier alpha value is -3.50. The molecule has 1 spiro atoms. The summed E-state index contributed by atoms with van der Waals surface area (Å²) in [6.45, 7) is 2.24. The number of aromatic nitrogens is 1. The van der Waals surface area contributed by atoms with Gasteiger partial charge in [0, 0.05) is 16.6 Å². The van der Waals surface area contributed by atoms with Crippen molar-refractivity contribution in [3.63, 3.8) is 0 Å². The summed E-state index contributed by atoms with van der Waals surface area (Å²) >= 11 is 0. The van der Waals surface area contributed by atoms with E-state index in [-0.39, 0.29) is 4.90 Å². The molecule has 1 saturated heterocycles. The van der Waals surface area contributed by atoms with E-state index in [1.165, 1.54) is 12.1 Å². The van der Waals surface area contributed by atoms with Crippen LogP contribution in [0, 0.1) is 6.92 Å². The number of amides is 3. The number of carbonyl (C=O) groups excluding carboxylic acids is 2. The van der Waals surface area contributed by atoms with Crippen molar-refractivity contribution in [3.05, 3.63) is 65.9 Å². The van der Waals surface area contributed by atoms with E-state index in [0.717, 1.165) is 35.0 Å². The van der Waals surface area contributed by atoms with Gasteiger partial charge in [0.05, 0.1) is 16.5 Å². The van der Waals surface area contributed by atoms with E-state index >= 15 is 0 Å². The van der Waals surface area contributed by atoms with Crippen molar-refractivity contribution in [1.82, 2.24) is 20.3 Å². The first-order chi connectivity index (χ1) is 16.8. The lowest BCUT2D eigenvalue weighted by atomic mass is 9.78. The van der Waals surface area contributed by atoms with Gasteiger partial charge in [-0.05, 0) is 56.2 Å². The zero-order valence-electron chi connectivity index (χ0n) is 19.2. The van der Waals surface area contributed by atoms with E-state index in [0.29, 0.717) is 25.2 Å². The van der Waals surface area contributed by atoms with Crippen LogP contribution in [0.4, 0.5) is 4.79 Å². The first-order valence-corrected chi connectivity index (χ1v) is 13.0. The third-order valence-corrected chi connectivity index (χ3v) is 8.12. The van der Waals surface area contributed by atoms with Gasteiger partial charge >= 0.3 is 6.03 Å². The SMILES string of the molecule is Cc1cc(COc2ccc(S(=O)(=O)NC3CCCCC34NC(=O)NC4=O)cc2)c2ccccc2n1. The van der Waals surface area contributed by atoms with Gasteiger partial charge in [-0.1, -0.05) is 31.0 Å². The average Bonchev–Trinajstić information content (AvgIpc) is 3.12. The molecule has 2 heterocycles. The Bertz CT molecular complexity index is 1410. The van der Waals surface area contributed by atoms with Crippen LogP contribution in [0.25, 0.3) is 10.9 Å². The third kappa shape index (κ3) is 4.46. The molecule has 10 heteroatoms. The Morgan fingerprint density at radius 2 is 1.89 bits per heavy atom. The second kappa shape index (κ2) is 8.94. The second-order valence-corrected chi connectivity index (χ2v) is 10.7. The highest BCUT2D eigenvalue weighted by molar-refractivity contribution is 7.89. The van der Waals surface area contributed by atoms with Gasteiger partial charge in [0.1, 0.15) is 17.9 Å². The third-order valence-electron chi connectivity index (χ3n) is 6.63. The van der Waals surface area contributed by atoms with Gasteiger partial charge in [-0.25, -0.2) is 17.9 Å². The Morgan fingerprint density at radius 3 is 2.63 bits per heavy atom. The van der Waals surface area contributed by atoms with Crippen LogP contribution in [0.15, 0.2) is 59.5 Å². The number of hydrogen-bond donors (Lipinski definition) is 3. The fourth-order valence-corrected chi connectivity index (χ4v) is 6.23. The molecule has 3 N–H and O–H groups in total. The molecule has 2 fully saturated rings. The van der Waals surface area contributed by atoms with Gasteiger partial charge in [0.15, 0.2) is 0 Å². The summed E-state index contributed by atoms with van der Waals surface area (Å²) in [7, 11) is -3.93. The van der Waals surface area contributed by atoms with Crippen LogP contribution in [-0.4, -0.2) is 36.9 Å². The molecule has 0 bridgehead atoms. The maximum absolute atomic E-state index is 13.1. The number of nitrogens with zero attached hydrogens (tertiary/aromatic N) is 1. The molecule has 2 unspecified atom stereocenters. The molecule has 5 rings (SSSR count). The van der Waals surface area contributed by atoms with Crippen LogP contribution < -0.4 is 20.1 Å². The molecule has 1 aliphatic heterocycles. The van der Waals surface area contributed by atoms with Crippen LogP contribution in [0.1, 0.15) is 36.9 Å². The molecular weight excluding hydrogens is 468 g/mol. The smallest absolute Gasteiger partial charge is 0.322 e. The molecular formula is C25H26N4O5S. The maximum Gasteiger partial charge on any atom is 0.322 e. The minimum absolute atomic E-state index is 0.0560. The molecule has 2 atom stereocenters. The molecule has 9 nitrogen and oxygen atoms in total. The monoisotopic (exact) mass is 494 g/mol. The molecule has 2 aliphatic rings. The van der Waals surface area contributed by atoms with Gasteiger partial charge in [-0.15, -0.1) is 0 Å². The number of carbonyl (C=O) groups is 2. The minimum Gasteiger partial charge on any atom is -0.489 e. The number of nitrogens with one attached hydrogen (secondary N) is 3. The maximum atomic E-state index is 13.1. The number of fused-ring (bicyclic) bond motifs is 1.